The van der Waals surface area contributed by atoms with E-state index in [4.69, 9.17) is 5.26 Å². The summed E-state index contributed by atoms with van der Waals surface area (Å²) < 4.78 is 0. The number of nitriles is 1. The van der Waals surface area contributed by atoms with Crippen LogP contribution in [0.3, 0.4) is 0 Å². The molecule has 4 nitrogen and oxygen atoms in total. The fourth-order valence-corrected chi connectivity index (χ4v) is 1.71. The summed E-state index contributed by atoms with van der Waals surface area (Å²) in [6.45, 7) is 3.88. The highest BCUT2D eigenvalue weighted by Gasteiger charge is 2.10. The van der Waals surface area contributed by atoms with Crippen LogP contribution in [0.25, 0.3) is 0 Å². The molecule has 0 spiro atoms. The smallest absolute Gasteiger partial charge is 0.257 e. The normalized spacial score (nSPS) is 9.74. The van der Waals surface area contributed by atoms with E-state index in [1.165, 1.54) is 6.20 Å². The molecule has 4 heteroatoms. The largest absolute Gasteiger partial charge is 0.307 e. The summed E-state index contributed by atoms with van der Waals surface area (Å²) in [5.41, 5.74) is 3.12. The first-order chi connectivity index (χ1) is 9.11. The van der Waals surface area contributed by atoms with E-state index < -0.39 is 0 Å². The van der Waals surface area contributed by atoms with Crippen molar-refractivity contribution in [2.45, 2.75) is 13.8 Å². The van der Waals surface area contributed by atoms with Crippen LogP contribution in [-0.2, 0) is 0 Å². The summed E-state index contributed by atoms with van der Waals surface area (Å²) in [7, 11) is 0. The van der Waals surface area contributed by atoms with Gasteiger partial charge in [-0.05, 0) is 43.2 Å². The number of nitrogens with zero attached hydrogens (tertiary/aromatic N) is 2. The van der Waals surface area contributed by atoms with E-state index >= 15 is 0 Å². The maximum absolute atomic E-state index is 12.1. The molecule has 0 bridgehead atoms. The van der Waals surface area contributed by atoms with Gasteiger partial charge in [0.15, 0.2) is 0 Å². The van der Waals surface area contributed by atoms with E-state index in [0.29, 0.717) is 16.9 Å². The van der Waals surface area contributed by atoms with Gasteiger partial charge in [0.05, 0.1) is 5.56 Å². The van der Waals surface area contributed by atoms with Gasteiger partial charge in [0.1, 0.15) is 11.9 Å². The zero-order valence-corrected chi connectivity index (χ0v) is 10.8. The van der Waals surface area contributed by atoms with Crippen molar-refractivity contribution >= 4 is 11.7 Å². The molecule has 0 aliphatic rings. The van der Waals surface area contributed by atoms with Crippen molar-refractivity contribution in [3.8, 4) is 6.07 Å². The molecule has 0 saturated heterocycles. The minimum atomic E-state index is -0.196. The average molecular weight is 251 g/mol. The van der Waals surface area contributed by atoms with Gasteiger partial charge < -0.3 is 5.32 Å². The molecule has 1 aromatic heterocycles. The van der Waals surface area contributed by atoms with Crippen LogP contribution < -0.4 is 5.32 Å². The second-order valence-corrected chi connectivity index (χ2v) is 4.25. The fraction of sp³-hybridized carbons (Fsp3) is 0.133. The number of pyridine rings is 1. The Labute approximate surface area is 111 Å². The second-order valence-electron chi connectivity index (χ2n) is 4.25. The number of anilines is 1. The van der Waals surface area contributed by atoms with E-state index in [1.807, 2.05) is 32.0 Å². The highest BCUT2D eigenvalue weighted by atomic mass is 16.1. The Bertz CT molecular complexity index is 654. The molecule has 94 valence electrons. The first-order valence-corrected chi connectivity index (χ1v) is 5.85. The topological polar surface area (TPSA) is 65.8 Å². The molecule has 1 N–H and O–H groups in total. The van der Waals surface area contributed by atoms with Crippen LogP contribution in [0.4, 0.5) is 5.82 Å². The van der Waals surface area contributed by atoms with Crippen LogP contribution in [0.1, 0.15) is 27.0 Å². The van der Waals surface area contributed by atoms with Crippen molar-refractivity contribution in [2.75, 3.05) is 5.32 Å². The molecular formula is C15H13N3O. The van der Waals surface area contributed by atoms with Crippen molar-refractivity contribution in [1.29, 1.82) is 5.26 Å². The molecule has 19 heavy (non-hydrogen) atoms. The monoisotopic (exact) mass is 251 g/mol. The van der Waals surface area contributed by atoms with E-state index in [2.05, 4.69) is 10.3 Å². The van der Waals surface area contributed by atoms with Crippen molar-refractivity contribution in [3.63, 3.8) is 0 Å². The third-order valence-electron chi connectivity index (χ3n) is 2.98. The Balaban J connectivity index is 2.21. The Hall–Kier alpha value is -2.67. The van der Waals surface area contributed by atoms with Gasteiger partial charge in [0.25, 0.3) is 5.91 Å². The van der Waals surface area contributed by atoms with Crippen LogP contribution in [0, 0.1) is 25.2 Å². The maximum atomic E-state index is 12.1. The molecule has 0 unspecified atom stereocenters. The highest BCUT2D eigenvalue weighted by Crippen LogP contribution is 2.14. The number of rotatable bonds is 2. The summed E-state index contributed by atoms with van der Waals surface area (Å²) in [6.07, 6.45) is 1.43. The molecule has 0 aliphatic heterocycles. The number of hydrogen-bond acceptors (Lipinski definition) is 3. The Kier molecular flexibility index (Phi) is 3.58. The number of carbonyl (C=O) groups is 1. The number of aromatic nitrogens is 1. The Morgan fingerprint density at radius 1 is 1.26 bits per heavy atom. The average Bonchev–Trinajstić information content (AvgIpc) is 2.42. The lowest BCUT2D eigenvalue weighted by Crippen LogP contribution is -2.14. The standard InChI is InChI=1S/C15H13N3O/c1-10-4-3-5-13(11(10)2)15(19)18-14-7-6-12(8-16)9-17-14/h3-7,9H,1-2H3,(H,17,18,19). The van der Waals surface area contributed by atoms with Crippen molar-refractivity contribution in [2.24, 2.45) is 0 Å². The van der Waals surface area contributed by atoms with Crippen LogP contribution in [0.15, 0.2) is 36.5 Å². The predicted octanol–water partition coefficient (Wildman–Crippen LogP) is 2.82. The predicted molar refractivity (Wildman–Crippen MR) is 72.8 cm³/mol. The number of nitrogens with one attached hydrogen (secondary N) is 1. The van der Waals surface area contributed by atoms with Crippen LogP contribution in [0.2, 0.25) is 0 Å². The number of carbonyl (C=O) groups excluding carboxylic acids is 1. The summed E-state index contributed by atoms with van der Waals surface area (Å²) in [5.74, 6) is 0.239. The van der Waals surface area contributed by atoms with Crippen LogP contribution in [0.5, 0.6) is 0 Å². The molecule has 1 aromatic carbocycles. The number of benzene rings is 1. The van der Waals surface area contributed by atoms with Gasteiger partial charge in [0.2, 0.25) is 0 Å². The van der Waals surface area contributed by atoms with E-state index in [9.17, 15) is 4.79 Å². The zero-order chi connectivity index (χ0) is 13.8. The van der Waals surface area contributed by atoms with Crippen molar-refractivity contribution in [1.82, 2.24) is 4.98 Å². The van der Waals surface area contributed by atoms with Gasteiger partial charge in [-0.3, -0.25) is 4.79 Å². The van der Waals surface area contributed by atoms with E-state index in [1.54, 1.807) is 18.2 Å². The van der Waals surface area contributed by atoms with Gasteiger partial charge >= 0.3 is 0 Å². The molecule has 2 aromatic rings. The third kappa shape index (κ3) is 2.78. The lowest BCUT2D eigenvalue weighted by Gasteiger charge is -2.08. The lowest BCUT2D eigenvalue weighted by molar-refractivity contribution is 0.102. The van der Waals surface area contributed by atoms with Gasteiger partial charge in [-0.2, -0.15) is 5.26 Å². The first kappa shape index (κ1) is 12.8. The van der Waals surface area contributed by atoms with Crippen LogP contribution >= 0.6 is 0 Å². The summed E-state index contributed by atoms with van der Waals surface area (Å²) in [5, 5.41) is 11.4. The van der Waals surface area contributed by atoms with E-state index in [-0.39, 0.29) is 5.91 Å². The summed E-state index contributed by atoms with van der Waals surface area (Å²) in [4.78, 5) is 16.1. The quantitative estimate of drug-likeness (QED) is 0.892. The molecule has 0 aliphatic carbocycles. The number of amides is 1. The van der Waals surface area contributed by atoms with Crippen molar-refractivity contribution in [3.05, 3.63) is 58.8 Å². The van der Waals surface area contributed by atoms with Crippen LogP contribution in [-0.4, -0.2) is 10.9 Å². The number of aryl methyl sites for hydroxylation is 1. The maximum Gasteiger partial charge on any atom is 0.257 e. The third-order valence-corrected chi connectivity index (χ3v) is 2.98. The SMILES string of the molecule is Cc1cccc(C(=O)Nc2ccc(C#N)cn2)c1C. The van der Waals surface area contributed by atoms with Crippen molar-refractivity contribution < 1.29 is 4.79 Å². The minimum absolute atomic E-state index is 0.196. The molecular weight excluding hydrogens is 238 g/mol. The second kappa shape index (κ2) is 5.32. The Morgan fingerprint density at radius 3 is 2.68 bits per heavy atom. The molecule has 0 saturated carbocycles. The summed E-state index contributed by atoms with van der Waals surface area (Å²) >= 11 is 0. The molecule has 2 rings (SSSR count). The fourth-order valence-electron chi connectivity index (χ4n) is 1.71. The van der Waals surface area contributed by atoms with Gasteiger partial charge in [-0.15, -0.1) is 0 Å². The zero-order valence-electron chi connectivity index (χ0n) is 10.8. The van der Waals surface area contributed by atoms with Gasteiger partial charge in [0, 0.05) is 11.8 Å². The molecule has 0 radical (unpaired) electrons. The molecule has 1 amide bonds. The Morgan fingerprint density at radius 2 is 2.05 bits per heavy atom. The van der Waals surface area contributed by atoms with Gasteiger partial charge in [-0.1, -0.05) is 12.1 Å². The molecule has 0 fully saturated rings. The summed E-state index contributed by atoms with van der Waals surface area (Å²) in [6, 6.07) is 10.8. The first-order valence-electron chi connectivity index (χ1n) is 5.85. The lowest BCUT2D eigenvalue weighted by atomic mass is 10.0. The molecule has 1 heterocycles. The van der Waals surface area contributed by atoms with E-state index in [0.717, 1.165) is 11.1 Å². The number of hydrogen-bond donors (Lipinski definition) is 1. The minimum Gasteiger partial charge on any atom is -0.307 e. The van der Waals surface area contributed by atoms with Gasteiger partial charge in [-0.25, -0.2) is 4.98 Å². The highest BCUT2D eigenvalue weighted by molar-refractivity contribution is 6.04. The molecule has 0 atom stereocenters.